The minimum absolute atomic E-state index is 0.00920. The van der Waals surface area contributed by atoms with Crippen molar-refractivity contribution in [3.8, 4) is 0 Å². The maximum Gasteiger partial charge on any atom is 0.321 e. The van der Waals surface area contributed by atoms with Gasteiger partial charge in [0, 0.05) is 26.2 Å². The Morgan fingerprint density at radius 3 is 2.32 bits per heavy atom. The van der Waals surface area contributed by atoms with Crippen molar-refractivity contribution in [3.63, 3.8) is 0 Å². The van der Waals surface area contributed by atoms with E-state index in [9.17, 15) is 4.79 Å². The van der Waals surface area contributed by atoms with Gasteiger partial charge in [-0.1, -0.05) is 19.3 Å². The molecule has 138 valence electrons. The number of anilines is 2. The summed E-state index contributed by atoms with van der Waals surface area (Å²) < 4.78 is 5.77. The van der Waals surface area contributed by atoms with Crippen molar-refractivity contribution < 1.29 is 9.53 Å². The first-order valence-electron chi connectivity index (χ1n) is 9.54. The third kappa shape index (κ3) is 5.08. The van der Waals surface area contributed by atoms with Gasteiger partial charge < -0.3 is 19.9 Å². The van der Waals surface area contributed by atoms with E-state index in [0.29, 0.717) is 0 Å². The van der Waals surface area contributed by atoms with Gasteiger partial charge in [0.05, 0.1) is 24.1 Å². The zero-order valence-corrected chi connectivity index (χ0v) is 15.4. The molecular weight excluding hydrogens is 316 g/mol. The molecule has 1 aromatic heterocycles. The number of carbonyl (C=O) groups is 1. The third-order valence-corrected chi connectivity index (χ3v) is 4.89. The molecule has 0 aliphatic carbocycles. The number of hydrogen-bond acceptors (Lipinski definition) is 4. The van der Waals surface area contributed by atoms with E-state index in [4.69, 9.17) is 4.74 Å². The maximum absolute atomic E-state index is 12.5. The topological polar surface area (TPSA) is 57.7 Å². The van der Waals surface area contributed by atoms with E-state index in [1.54, 1.807) is 6.20 Å². The van der Waals surface area contributed by atoms with Gasteiger partial charge in [-0.05, 0) is 38.8 Å². The Labute approximate surface area is 150 Å². The highest BCUT2D eigenvalue weighted by Gasteiger charge is 2.23. The summed E-state index contributed by atoms with van der Waals surface area (Å²) in [5.41, 5.74) is 0.755. The summed E-state index contributed by atoms with van der Waals surface area (Å²) in [5, 5.41) is 2.99. The van der Waals surface area contributed by atoms with Crippen LogP contribution in [-0.4, -0.2) is 54.3 Å². The SMILES string of the molecule is C[C@H]1CN(c2ccc(NC(=O)N3CCCCCCC3)cn2)C[C@H](C)O1. The predicted octanol–water partition coefficient (Wildman–Crippen LogP) is 3.49. The van der Waals surface area contributed by atoms with Crippen LogP contribution in [0.15, 0.2) is 18.3 Å². The molecule has 0 radical (unpaired) electrons. The largest absolute Gasteiger partial charge is 0.372 e. The summed E-state index contributed by atoms with van der Waals surface area (Å²) in [7, 11) is 0. The molecule has 0 unspecified atom stereocenters. The lowest BCUT2D eigenvalue weighted by Gasteiger charge is -2.36. The Balaban J connectivity index is 1.57. The van der Waals surface area contributed by atoms with Gasteiger partial charge in [-0.25, -0.2) is 9.78 Å². The lowest BCUT2D eigenvalue weighted by Crippen LogP contribution is -2.45. The maximum atomic E-state index is 12.5. The highest BCUT2D eigenvalue weighted by atomic mass is 16.5. The number of ether oxygens (including phenoxy) is 1. The van der Waals surface area contributed by atoms with E-state index in [-0.39, 0.29) is 18.2 Å². The Bertz CT molecular complexity index is 545. The van der Waals surface area contributed by atoms with Crippen LogP contribution in [0.5, 0.6) is 0 Å². The van der Waals surface area contributed by atoms with Crippen LogP contribution in [0.25, 0.3) is 0 Å². The van der Waals surface area contributed by atoms with E-state index in [1.165, 1.54) is 19.3 Å². The number of morpholine rings is 1. The number of likely N-dealkylation sites (tertiary alicyclic amines) is 1. The van der Waals surface area contributed by atoms with Crippen LogP contribution in [0.3, 0.4) is 0 Å². The molecule has 2 aliphatic rings. The lowest BCUT2D eigenvalue weighted by atomic mass is 10.1. The number of urea groups is 1. The molecule has 6 nitrogen and oxygen atoms in total. The van der Waals surface area contributed by atoms with Crippen molar-refractivity contribution in [2.24, 2.45) is 0 Å². The first-order chi connectivity index (χ1) is 12.1. The van der Waals surface area contributed by atoms with Gasteiger partial charge in [-0.2, -0.15) is 0 Å². The minimum Gasteiger partial charge on any atom is -0.372 e. The van der Waals surface area contributed by atoms with Crippen LogP contribution in [0.1, 0.15) is 46.0 Å². The molecule has 2 saturated heterocycles. The monoisotopic (exact) mass is 346 g/mol. The predicted molar refractivity (Wildman–Crippen MR) is 100 cm³/mol. The number of pyridine rings is 1. The molecule has 2 aliphatic heterocycles. The summed E-state index contributed by atoms with van der Waals surface area (Å²) in [4.78, 5) is 21.2. The molecule has 3 rings (SSSR count). The second-order valence-electron chi connectivity index (χ2n) is 7.25. The Kier molecular flexibility index (Phi) is 6.13. The first kappa shape index (κ1) is 18.0. The van der Waals surface area contributed by atoms with Crippen LogP contribution in [-0.2, 0) is 4.74 Å². The Hall–Kier alpha value is -1.82. The number of rotatable bonds is 2. The fourth-order valence-corrected chi connectivity index (χ4v) is 3.67. The second-order valence-corrected chi connectivity index (χ2v) is 7.25. The molecule has 2 atom stereocenters. The number of nitrogens with zero attached hydrogens (tertiary/aromatic N) is 3. The molecule has 0 aromatic carbocycles. The van der Waals surface area contributed by atoms with E-state index >= 15 is 0 Å². The molecule has 1 aromatic rings. The van der Waals surface area contributed by atoms with E-state index in [0.717, 1.165) is 50.5 Å². The zero-order valence-electron chi connectivity index (χ0n) is 15.4. The molecule has 0 saturated carbocycles. The highest BCUT2D eigenvalue weighted by molar-refractivity contribution is 5.89. The van der Waals surface area contributed by atoms with Crippen molar-refractivity contribution in [1.82, 2.24) is 9.88 Å². The molecule has 25 heavy (non-hydrogen) atoms. The minimum atomic E-state index is -0.00920. The van der Waals surface area contributed by atoms with E-state index in [2.05, 4.69) is 29.0 Å². The average Bonchev–Trinajstić information content (AvgIpc) is 2.54. The summed E-state index contributed by atoms with van der Waals surface area (Å²) in [6.45, 7) is 7.55. The van der Waals surface area contributed by atoms with E-state index < -0.39 is 0 Å². The van der Waals surface area contributed by atoms with Gasteiger partial charge >= 0.3 is 6.03 Å². The normalized spacial score (nSPS) is 25.2. The van der Waals surface area contributed by atoms with Crippen LogP contribution < -0.4 is 10.2 Å². The zero-order chi connectivity index (χ0) is 17.6. The fourth-order valence-electron chi connectivity index (χ4n) is 3.67. The van der Waals surface area contributed by atoms with Crippen LogP contribution in [0.4, 0.5) is 16.3 Å². The molecule has 2 fully saturated rings. The smallest absolute Gasteiger partial charge is 0.321 e. The third-order valence-electron chi connectivity index (χ3n) is 4.89. The Morgan fingerprint density at radius 1 is 1.08 bits per heavy atom. The van der Waals surface area contributed by atoms with Gasteiger partial charge in [0.2, 0.25) is 0 Å². The fraction of sp³-hybridized carbons (Fsp3) is 0.684. The van der Waals surface area contributed by atoms with Crippen LogP contribution >= 0.6 is 0 Å². The molecule has 1 N–H and O–H groups in total. The number of amides is 2. The Morgan fingerprint density at radius 2 is 1.72 bits per heavy atom. The van der Waals surface area contributed by atoms with Gasteiger partial charge in [0.1, 0.15) is 5.82 Å². The first-order valence-corrected chi connectivity index (χ1v) is 9.54. The summed E-state index contributed by atoms with van der Waals surface area (Å²) in [6, 6.07) is 3.91. The number of carbonyl (C=O) groups excluding carboxylic acids is 1. The van der Waals surface area contributed by atoms with Gasteiger partial charge in [-0.3, -0.25) is 0 Å². The van der Waals surface area contributed by atoms with Gasteiger partial charge in [0.15, 0.2) is 0 Å². The van der Waals surface area contributed by atoms with Gasteiger partial charge in [0.25, 0.3) is 0 Å². The molecule has 6 heteroatoms. The molecule has 3 heterocycles. The molecule has 2 amide bonds. The standard InChI is InChI=1S/C19H30N4O2/c1-15-13-23(14-16(2)25-15)18-9-8-17(12-20-18)21-19(24)22-10-6-4-3-5-7-11-22/h8-9,12,15-16H,3-7,10-11,13-14H2,1-2H3,(H,21,24)/t15-,16-/m0/s1. The summed E-state index contributed by atoms with van der Waals surface area (Å²) in [5.74, 6) is 0.936. The van der Waals surface area contributed by atoms with Gasteiger partial charge in [-0.15, -0.1) is 0 Å². The second kappa shape index (κ2) is 8.52. The highest BCUT2D eigenvalue weighted by Crippen LogP contribution is 2.20. The van der Waals surface area contributed by atoms with Crippen molar-refractivity contribution in [3.05, 3.63) is 18.3 Å². The van der Waals surface area contributed by atoms with Crippen LogP contribution in [0, 0.1) is 0 Å². The number of hydrogen-bond donors (Lipinski definition) is 1. The van der Waals surface area contributed by atoms with Crippen molar-refractivity contribution in [1.29, 1.82) is 0 Å². The molecule has 0 bridgehead atoms. The molecular formula is C19H30N4O2. The van der Waals surface area contributed by atoms with Crippen molar-refractivity contribution in [2.45, 2.75) is 58.2 Å². The van der Waals surface area contributed by atoms with Crippen molar-refractivity contribution >= 4 is 17.5 Å². The average molecular weight is 346 g/mol. The molecule has 0 spiro atoms. The summed E-state index contributed by atoms with van der Waals surface area (Å²) in [6.07, 6.45) is 8.08. The van der Waals surface area contributed by atoms with E-state index in [1.807, 2.05) is 17.0 Å². The quantitative estimate of drug-likeness (QED) is 0.890. The van der Waals surface area contributed by atoms with Crippen molar-refractivity contribution in [2.75, 3.05) is 36.4 Å². The number of nitrogens with one attached hydrogen (secondary N) is 1. The lowest BCUT2D eigenvalue weighted by molar-refractivity contribution is -0.00545. The number of aromatic nitrogens is 1. The van der Waals surface area contributed by atoms with Crippen LogP contribution in [0.2, 0.25) is 0 Å². The summed E-state index contributed by atoms with van der Waals surface area (Å²) >= 11 is 0.